The van der Waals surface area contributed by atoms with E-state index in [-0.39, 0.29) is 11.2 Å². The predicted octanol–water partition coefficient (Wildman–Crippen LogP) is 5.44. The van der Waals surface area contributed by atoms with E-state index in [2.05, 4.69) is 26.1 Å². The lowest BCUT2D eigenvalue weighted by molar-refractivity contribution is 0.329. The Morgan fingerprint density at radius 2 is 1.57 bits per heavy atom. The largest absolute Gasteiger partial charge is 0.316 e. The van der Waals surface area contributed by atoms with Crippen LogP contribution in [0.1, 0.15) is 71.3 Å². The zero-order valence-electron chi connectivity index (χ0n) is 14.2. The Bertz CT molecular complexity index is 383. The molecule has 1 atom stereocenters. The van der Waals surface area contributed by atoms with E-state index in [9.17, 15) is 4.39 Å². The van der Waals surface area contributed by atoms with Crippen molar-refractivity contribution in [2.24, 2.45) is 0 Å². The maximum absolute atomic E-state index is 13.1. The summed E-state index contributed by atoms with van der Waals surface area (Å²) in [6.45, 7) is 6.75. The highest BCUT2D eigenvalue weighted by molar-refractivity contribution is 5.26. The quantitative estimate of drug-likeness (QED) is 0.566. The zero-order valence-corrected chi connectivity index (χ0v) is 14.2. The lowest BCUT2D eigenvalue weighted by Gasteiger charge is -2.35. The van der Waals surface area contributed by atoms with Crippen LogP contribution in [0.2, 0.25) is 0 Å². The first-order valence-electron chi connectivity index (χ1n) is 8.45. The first-order valence-corrected chi connectivity index (χ1v) is 8.45. The second-order valence-electron chi connectivity index (χ2n) is 6.63. The number of benzene rings is 1. The van der Waals surface area contributed by atoms with Crippen LogP contribution in [-0.4, -0.2) is 13.1 Å². The van der Waals surface area contributed by atoms with Crippen LogP contribution in [0.5, 0.6) is 0 Å². The molecule has 0 spiro atoms. The van der Waals surface area contributed by atoms with Crippen molar-refractivity contribution in [3.63, 3.8) is 0 Å². The highest BCUT2D eigenvalue weighted by Gasteiger charge is 2.29. The molecule has 1 N–H and O–H groups in total. The summed E-state index contributed by atoms with van der Waals surface area (Å²) in [7, 11) is 2.03. The van der Waals surface area contributed by atoms with E-state index in [1.54, 1.807) is 12.1 Å². The number of hydrogen-bond acceptors (Lipinski definition) is 1. The Hall–Kier alpha value is -0.890. The van der Waals surface area contributed by atoms with Crippen molar-refractivity contribution in [2.75, 3.05) is 7.05 Å². The number of likely N-dealkylation sites (N-methyl/N-ethyl adjacent to an activating group) is 1. The van der Waals surface area contributed by atoms with Crippen LogP contribution in [-0.2, 0) is 5.41 Å². The third kappa shape index (κ3) is 5.78. The average Bonchev–Trinajstić information content (AvgIpc) is 2.46. The van der Waals surface area contributed by atoms with Gasteiger partial charge in [0.2, 0.25) is 0 Å². The molecule has 120 valence electrons. The molecule has 0 saturated heterocycles. The molecule has 0 bridgehead atoms. The van der Waals surface area contributed by atoms with Gasteiger partial charge in [-0.2, -0.15) is 0 Å². The molecule has 0 heterocycles. The van der Waals surface area contributed by atoms with Crippen LogP contribution in [0.15, 0.2) is 24.3 Å². The molecule has 0 amide bonds. The summed E-state index contributed by atoms with van der Waals surface area (Å²) in [5.41, 5.74) is 1.22. The normalized spacial score (nSPS) is 13.4. The lowest BCUT2D eigenvalue weighted by atomic mass is 9.76. The van der Waals surface area contributed by atoms with E-state index >= 15 is 0 Å². The fraction of sp³-hybridized carbons (Fsp3) is 0.684. The van der Waals surface area contributed by atoms with Crippen LogP contribution in [0.25, 0.3) is 0 Å². The number of unbranched alkanes of at least 4 members (excludes halogenated alkanes) is 5. The van der Waals surface area contributed by atoms with E-state index < -0.39 is 0 Å². The standard InChI is InChI=1S/C19H32FN/c1-5-6-7-8-9-10-11-18(21-4)19(2,3)16-12-14-17(20)15-13-16/h12-15,18,21H,5-11H2,1-4H3. The van der Waals surface area contributed by atoms with E-state index in [1.165, 1.54) is 50.5 Å². The number of hydrogen-bond donors (Lipinski definition) is 1. The van der Waals surface area contributed by atoms with Gasteiger partial charge in [0, 0.05) is 11.5 Å². The molecule has 0 aromatic heterocycles. The summed E-state index contributed by atoms with van der Waals surface area (Å²) >= 11 is 0. The molecule has 1 nitrogen and oxygen atoms in total. The molecule has 0 saturated carbocycles. The first-order chi connectivity index (χ1) is 10.0. The molecule has 0 aliphatic rings. The number of halogens is 1. The van der Waals surface area contributed by atoms with Crippen molar-refractivity contribution in [2.45, 2.75) is 77.2 Å². The Labute approximate surface area is 130 Å². The second-order valence-corrected chi connectivity index (χ2v) is 6.63. The summed E-state index contributed by atoms with van der Waals surface area (Å²) in [6.07, 6.45) is 9.13. The van der Waals surface area contributed by atoms with Crippen molar-refractivity contribution in [3.05, 3.63) is 35.6 Å². The molecule has 1 aromatic rings. The van der Waals surface area contributed by atoms with Gasteiger partial charge in [0.1, 0.15) is 5.82 Å². The SMILES string of the molecule is CCCCCCCCC(NC)C(C)(C)c1ccc(F)cc1. The summed E-state index contributed by atoms with van der Waals surface area (Å²) in [5.74, 6) is -0.161. The molecule has 1 rings (SSSR count). The van der Waals surface area contributed by atoms with Crippen molar-refractivity contribution < 1.29 is 4.39 Å². The van der Waals surface area contributed by atoms with Crippen LogP contribution in [0.3, 0.4) is 0 Å². The van der Waals surface area contributed by atoms with E-state index in [4.69, 9.17) is 0 Å². The Balaban J connectivity index is 2.51. The summed E-state index contributed by atoms with van der Waals surface area (Å²) in [4.78, 5) is 0. The molecule has 0 radical (unpaired) electrons. The van der Waals surface area contributed by atoms with Gasteiger partial charge in [0.05, 0.1) is 0 Å². The van der Waals surface area contributed by atoms with Crippen LogP contribution < -0.4 is 5.32 Å². The maximum Gasteiger partial charge on any atom is 0.123 e. The molecule has 1 unspecified atom stereocenters. The summed E-state index contributed by atoms with van der Waals surface area (Å²) < 4.78 is 13.1. The van der Waals surface area contributed by atoms with Gasteiger partial charge in [-0.1, -0.05) is 71.4 Å². The molecule has 0 aliphatic heterocycles. The molecule has 0 fully saturated rings. The third-order valence-corrected chi connectivity index (χ3v) is 4.65. The van der Waals surface area contributed by atoms with Gasteiger partial charge >= 0.3 is 0 Å². The molecular formula is C19H32FN. The van der Waals surface area contributed by atoms with Gasteiger partial charge in [-0.3, -0.25) is 0 Å². The van der Waals surface area contributed by atoms with Gasteiger partial charge in [-0.25, -0.2) is 4.39 Å². The van der Waals surface area contributed by atoms with Crippen LogP contribution in [0, 0.1) is 5.82 Å². The topological polar surface area (TPSA) is 12.0 Å². The van der Waals surface area contributed by atoms with Crippen molar-refractivity contribution in [1.29, 1.82) is 0 Å². The Morgan fingerprint density at radius 3 is 2.14 bits per heavy atom. The van der Waals surface area contributed by atoms with Crippen molar-refractivity contribution >= 4 is 0 Å². The van der Waals surface area contributed by atoms with E-state index in [0.717, 1.165) is 0 Å². The fourth-order valence-corrected chi connectivity index (χ4v) is 3.08. The van der Waals surface area contributed by atoms with E-state index in [1.807, 2.05) is 19.2 Å². The lowest BCUT2D eigenvalue weighted by Crippen LogP contribution is -2.43. The minimum Gasteiger partial charge on any atom is -0.316 e. The van der Waals surface area contributed by atoms with Gasteiger partial charge in [-0.05, 0) is 31.2 Å². The van der Waals surface area contributed by atoms with Gasteiger partial charge in [0.25, 0.3) is 0 Å². The van der Waals surface area contributed by atoms with Crippen LogP contribution in [0.4, 0.5) is 4.39 Å². The highest BCUT2D eigenvalue weighted by Crippen LogP contribution is 2.30. The van der Waals surface area contributed by atoms with Gasteiger partial charge in [-0.15, -0.1) is 0 Å². The summed E-state index contributed by atoms with van der Waals surface area (Å²) in [5, 5.41) is 3.46. The molecule has 0 aliphatic carbocycles. The second kappa shape index (κ2) is 9.19. The molecule has 2 heteroatoms. The minimum absolute atomic E-state index is 0.0197. The van der Waals surface area contributed by atoms with Crippen molar-refractivity contribution in [3.8, 4) is 0 Å². The zero-order chi connectivity index (χ0) is 15.7. The highest BCUT2D eigenvalue weighted by atomic mass is 19.1. The molecule has 1 aromatic carbocycles. The fourth-order valence-electron chi connectivity index (χ4n) is 3.08. The predicted molar refractivity (Wildman–Crippen MR) is 90.3 cm³/mol. The Kier molecular flexibility index (Phi) is 7.95. The van der Waals surface area contributed by atoms with Crippen molar-refractivity contribution in [1.82, 2.24) is 5.32 Å². The smallest absolute Gasteiger partial charge is 0.123 e. The maximum atomic E-state index is 13.1. The number of nitrogens with one attached hydrogen (secondary N) is 1. The third-order valence-electron chi connectivity index (χ3n) is 4.65. The van der Waals surface area contributed by atoms with Gasteiger partial charge in [0.15, 0.2) is 0 Å². The minimum atomic E-state index is -0.161. The monoisotopic (exact) mass is 293 g/mol. The summed E-state index contributed by atoms with van der Waals surface area (Å²) in [6, 6.07) is 7.39. The first kappa shape index (κ1) is 18.2. The Morgan fingerprint density at radius 1 is 1.00 bits per heavy atom. The van der Waals surface area contributed by atoms with E-state index in [0.29, 0.717) is 6.04 Å². The molecular weight excluding hydrogens is 261 g/mol. The number of rotatable bonds is 10. The van der Waals surface area contributed by atoms with Crippen LogP contribution >= 0.6 is 0 Å². The average molecular weight is 293 g/mol. The molecule has 21 heavy (non-hydrogen) atoms. The van der Waals surface area contributed by atoms with Gasteiger partial charge < -0.3 is 5.32 Å².